The number of para-hydroxylation sites is 1. The minimum absolute atomic E-state index is 0.0448. The van der Waals surface area contributed by atoms with Crippen LogP contribution in [0, 0.1) is 5.92 Å². The van der Waals surface area contributed by atoms with Crippen molar-refractivity contribution in [2.45, 2.75) is 19.9 Å². The number of nitrogens with zero attached hydrogens (tertiary/aromatic N) is 1. The van der Waals surface area contributed by atoms with E-state index < -0.39 is 0 Å². The smallest absolute Gasteiger partial charge is 0.227 e. The van der Waals surface area contributed by atoms with E-state index in [1.54, 1.807) is 12.0 Å². The average molecular weight is 368 g/mol. The molecule has 1 aliphatic rings. The molecule has 1 saturated heterocycles. The lowest BCUT2D eigenvalue weighted by atomic mass is 10.1. The number of rotatable bonds is 7. The Bertz CT molecular complexity index is 804. The van der Waals surface area contributed by atoms with Gasteiger partial charge < -0.3 is 19.7 Å². The van der Waals surface area contributed by atoms with E-state index in [0.717, 1.165) is 22.7 Å². The van der Waals surface area contributed by atoms with E-state index in [2.05, 4.69) is 5.32 Å². The molecule has 0 radical (unpaired) electrons. The van der Waals surface area contributed by atoms with E-state index in [4.69, 9.17) is 9.47 Å². The zero-order valence-electron chi connectivity index (χ0n) is 15.6. The van der Waals surface area contributed by atoms with Gasteiger partial charge in [0.05, 0.1) is 19.6 Å². The summed E-state index contributed by atoms with van der Waals surface area (Å²) in [5.41, 5.74) is 1.68. The zero-order chi connectivity index (χ0) is 19.2. The number of benzene rings is 2. The van der Waals surface area contributed by atoms with Crippen molar-refractivity contribution in [3.63, 3.8) is 0 Å². The monoisotopic (exact) mass is 368 g/mol. The summed E-state index contributed by atoms with van der Waals surface area (Å²) in [6.45, 7) is 3.27. The first-order valence-electron chi connectivity index (χ1n) is 9.05. The van der Waals surface area contributed by atoms with Gasteiger partial charge in [-0.15, -0.1) is 0 Å². The van der Waals surface area contributed by atoms with E-state index in [1.165, 1.54) is 0 Å². The number of amides is 2. The zero-order valence-corrected chi connectivity index (χ0v) is 15.6. The Kier molecular flexibility index (Phi) is 5.96. The molecule has 0 spiro atoms. The van der Waals surface area contributed by atoms with Gasteiger partial charge in [0.15, 0.2) is 0 Å². The van der Waals surface area contributed by atoms with Gasteiger partial charge in [-0.1, -0.05) is 18.2 Å². The Hall–Kier alpha value is -3.02. The van der Waals surface area contributed by atoms with Crippen molar-refractivity contribution in [1.29, 1.82) is 0 Å². The lowest BCUT2D eigenvalue weighted by Crippen LogP contribution is -2.32. The van der Waals surface area contributed by atoms with Crippen molar-refractivity contribution in [2.24, 2.45) is 5.92 Å². The van der Waals surface area contributed by atoms with Gasteiger partial charge in [-0.3, -0.25) is 9.59 Å². The van der Waals surface area contributed by atoms with Gasteiger partial charge in [0.1, 0.15) is 11.5 Å². The molecule has 0 bridgehead atoms. The number of hydrogen-bond donors (Lipinski definition) is 1. The second kappa shape index (κ2) is 8.58. The SMILES string of the molecule is CCOc1ccc(N2C[C@H](C(=O)NCc3ccccc3OC)CC2=O)cc1. The van der Waals surface area contributed by atoms with Crippen LogP contribution in [0.3, 0.4) is 0 Å². The Morgan fingerprint density at radius 3 is 2.63 bits per heavy atom. The van der Waals surface area contributed by atoms with Gasteiger partial charge in [0.25, 0.3) is 0 Å². The molecule has 6 heteroatoms. The summed E-state index contributed by atoms with van der Waals surface area (Å²) in [5, 5.41) is 2.92. The lowest BCUT2D eigenvalue weighted by molar-refractivity contribution is -0.126. The normalized spacial score (nSPS) is 16.3. The predicted octanol–water partition coefficient (Wildman–Crippen LogP) is 2.76. The molecule has 1 atom stereocenters. The van der Waals surface area contributed by atoms with Crippen LogP contribution in [0.25, 0.3) is 0 Å². The van der Waals surface area contributed by atoms with Crippen LogP contribution in [-0.2, 0) is 16.1 Å². The second-order valence-corrected chi connectivity index (χ2v) is 6.36. The van der Waals surface area contributed by atoms with Gasteiger partial charge in [-0.05, 0) is 37.3 Å². The number of anilines is 1. The summed E-state index contributed by atoms with van der Waals surface area (Å²) < 4.78 is 10.7. The maximum absolute atomic E-state index is 12.5. The number of nitrogens with one attached hydrogen (secondary N) is 1. The molecule has 142 valence electrons. The van der Waals surface area contributed by atoms with Gasteiger partial charge in [0.2, 0.25) is 11.8 Å². The highest BCUT2D eigenvalue weighted by atomic mass is 16.5. The first-order valence-corrected chi connectivity index (χ1v) is 9.05. The quantitative estimate of drug-likeness (QED) is 0.816. The molecule has 27 heavy (non-hydrogen) atoms. The Morgan fingerprint density at radius 2 is 1.93 bits per heavy atom. The van der Waals surface area contributed by atoms with Crippen LogP contribution in [0.15, 0.2) is 48.5 Å². The van der Waals surface area contributed by atoms with E-state index in [9.17, 15) is 9.59 Å². The van der Waals surface area contributed by atoms with Gasteiger partial charge in [-0.2, -0.15) is 0 Å². The van der Waals surface area contributed by atoms with E-state index in [1.807, 2.05) is 55.5 Å². The van der Waals surface area contributed by atoms with E-state index in [-0.39, 0.29) is 24.2 Å². The fraction of sp³-hybridized carbons (Fsp3) is 0.333. The summed E-state index contributed by atoms with van der Waals surface area (Å²) in [7, 11) is 1.60. The predicted molar refractivity (Wildman–Crippen MR) is 103 cm³/mol. The number of carbonyl (C=O) groups excluding carboxylic acids is 2. The first kappa shape index (κ1) is 18.8. The third kappa shape index (κ3) is 4.39. The number of hydrogen-bond acceptors (Lipinski definition) is 4. The Labute approximate surface area is 159 Å². The molecule has 2 amide bonds. The van der Waals surface area contributed by atoms with Gasteiger partial charge in [-0.25, -0.2) is 0 Å². The summed E-state index contributed by atoms with van der Waals surface area (Å²) in [6, 6.07) is 14.9. The highest BCUT2D eigenvalue weighted by Crippen LogP contribution is 2.27. The molecule has 1 fully saturated rings. The molecule has 2 aromatic carbocycles. The van der Waals surface area contributed by atoms with E-state index in [0.29, 0.717) is 19.7 Å². The summed E-state index contributed by atoms with van der Waals surface area (Å²) in [6.07, 6.45) is 0.213. The van der Waals surface area contributed by atoms with Gasteiger partial charge in [0, 0.05) is 30.8 Å². The fourth-order valence-electron chi connectivity index (χ4n) is 3.20. The van der Waals surface area contributed by atoms with Crippen molar-refractivity contribution in [2.75, 3.05) is 25.2 Å². The highest BCUT2D eigenvalue weighted by Gasteiger charge is 2.35. The van der Waals surface area contributed by atoms with Crippen molar-refractivity contribution in [3.8, 4) is 11.5 Å². The van der Waals surface area contributed by atoms with Crippen LogP contribution in [0.1, 0.15) is 18.9 Å². The molecule has 1 aliphatic heterocycles. The number of methoxy groups -OCH3 is 1. The Balaban J connectivity index is 1.60. The molecular weight excluding hydrogens is 344 g/mol. The summed E-state index contributed by atoms with van der Waals surface area (Å²) in [4.78, 5) is 26.6. The van der Waals surface area contributed by atoms with Crippen molar-refractivity contribution < 1.29 is 19.1 Å². The molecule has 0 aliphatic carbocycles. The average Bonchev–Trinajstić information content (AvgIpc) is 3.09. The molecule has 1 heterocycles. The minimum Gasteiger partial charge on any atom is -0.496 e. The third-order valence-electron chi connectivity index (χ3n) is 4.60. The molecule has 3 rings (SSSR count). The van der Waals surface area contributed by atoms with Crippen LogP contribution in [0.4, 0.5) is 5.69 Å². The number of carbonyl (C=O) groups is 2. The minimum atomic E-state index is -0.362. The molecule has 0 unspecified atom stereocenters. The topological polar surface area (TPSA) is 67.9 Å². The van der Waals surface area contributed by atoms with Crippen LogP contribution >= 0.6 is 0 Å². The van der Waals surface area contributed by atoms with Crippen molar-refractivity contribution in [3.05, 3.63) is 54.1 Å². The molecule has 0 saturated carbocycles. The molecule has 1 N–H and O–H groups in total. The summed E-state index contributed by atoms with van der Waals surface area (Å²) >= 11 is 0. The highest BCUT2D eigenvalue weighted by molar-refractivity contribution is 6.00. The van der Waals surface area contributed by atoms with Crippen LogP contribution in [0.5, 0.6) is 11.5 Å². The summed E-state index contributed by atoms with van der Waals surface area (Å²) in [5.74, 6) is 0.966. The molecule has 2 aromatic rings. The van der Waals surface area contributed by atoms with Gasteiger partial charge >= 0.3 is 0 Å². The number of ether oxygens (including phenoxy) is 2. The maximum Gasteiger partial charge on any atom is 0.227 e. The van der Waals surface area contributed by atoms with Crippen LogP contribution < -0.4 is 19.7 Å². The molecule has 6 nitrogen and oxygen atoms in total. The molecular formula is C21H24N2O4. The lowest BCUT2D eigenvalue weighted by Gasteiger charge is -2.17. The standard InChI is InChI=1S/C21H24N2O4/c1-3-27-18-10-8-17(9-11-18)23-14-16(12-20(23)24)21(25)22-13-15-6-4-5-7-19(15)26-2/h4-11,16H,3,12-14H2,1-2H3,(H,22,25)/t16-/m1/s1. The fourth-order valence-corrected chi connectivity index (χ4v) is 3.20. The van der Waals surface area contributed by atoms with Crippen molar-refractivity contribution in [1.82, 2.24) is 5.32 Å². The first-order chi connectivity index (χ1) is 13.1. The largest absolute Gasteiger partial charge is 0.496 e. The maximum atomic E-state index is 12.5. The van der Waals surface area contributed by atoms with Crippen LogP contribution in [-0.4, -0.2) is 32.1 Å². The second-order valence-electron chi connectivity index (χ2n) is 6.36. The molecule has 0 aromatic heterocycles. The Morgan fingerprint density at radius 1 is 1.19 bits per heavy atom. The van der Waals surface area contributed by atoms with Crippen molar-refractivity contribution >= 4 is 17.5 Å². The third-order valence-corrected chi connectivity index (χ3v) is 4.60. The van der Waals surface area contributed by atoms with E-state index >= 15 is 0 Å². The van der Waals surface area contributed by atoms with Crippen LogP contribution in [0.2, 0.25) is 0 Å².